The lowest BCUT2D eigenvalue weighted by atomic mass is 10.1. The molecule has 20 heavy (non-hydrogen) atoms. The van der Waals surface area contributed by atoms with Crippen LogP contribution in [0.15, 0.2) is 30.3 Å². The van der Waals surface area contributed by atoms with Crippen molar-refractivity contribution >= 4 is 0 Å². The van der Waals surface area contributed by atoms with Gasteiger partial charge >= 0.3 is 0 Å². The predicted octanol–water partition coefficient (Wildman–Crippen LogP) is 3.02. The molecule has 0 aliphatic heterocycles. The second kappa shape index (κ2) is 6.71. The molecule has 2 N–H and O–H groups in total. The minimum absolute atomic E-state index is 0.189. The molecule has 0 bridgehead atoms. The van der Waals surface area contributed by atoms with E-state index in [9.17, 15) is 0 Å². The summed E-state index contributed by atoms with van der Waals surface area (Å²) in [6.07, 6.45) is 3.13. The van der Waals surface area contributed by atoms with Gasteiger partial charge in [-0.25, -0.2) is 0 Å². The van der Waals surface area contributed by atoms with Crippen molar-refractivity contribution in [1.29, 1.82) is 0 Å². The minimum Gasteiger partial charge on any atom is -0.328 e. The molecule has 0 fully saturated rings. The van der Waals surface area contributed by atoms with Crippen LogP contribution in [0.1, 0.15) is 35.9 Å². The molecule has 1 heterocycles. The number of benzene rings is 1. The highest BCUT2D eigenvalue weighted by Crippen LogP contribution is 2.15. The standard InChI is InChI=1S/C17H25N3/c1-13(18)12-17-14(2)19-20(15(17)3)11-7-10-16-8-5-4-6-9-16/h4-6,8-9,13H,7,10-12,18H2,1-3H3. The molecule has 1 unspecified atom stereocenters. The Hall–Kier alpha value is -1.61. The third-order valence-electron chi connectivity index (χ3n) is 3.74. The molecule has 3 heteroatoms. The molecule has 1 aromatic carbocycles. The van der Waals surface area contributed by atoms with Gasteiger partial charge in [-0.1, -0.05) is 30.3 Å². The summed E-state index contributed by atoms with van der Waals surface area (Å²) >= 11 is 0. The highest BCUT2D eigenvalue weighted by atomic mass is 15.3. The summed E-state index contributed by atoms with van der Waals surface area (Å²) in [6.45, 7) is 7.25. The van der Waals surface area contributed by atoms with Gasteiger partial charge in [0.2, 0.25) is 0 Å². The summed E-state index contributed by atoms with van der Waals surface area (Å²) in [5, 5.41) is 4.66. The average Bonchev–Trinajstić information content (AvgIpc) is 2.67. The molecule has 3 nitrogen and oxygen atoms in total. The van der Waals surface area contributed by atoms with Crippen molar-refractivity contribution in [3.8, 4) is 0 Å². The molecule has 0 radical (unpaired) electrons. The highest BCUT2D eigenvalue weighted by molar-refractivity contribution is 5.25. The molecule has 0 saturated heterocycles. The normalized spacial score (nSPS) is 12.6. The van der Waals surface area contributed by atoms with Gasteiger partial charge in [-0.15, -0.1) is 0 Å². The fourth-order valence-electron chi connectivity index (χ4n) is 2.65. The predicted molar refractivity (Wildman–Crippen MR) is 83.8 cm³/mol. The quantitative estimate of drug-likeness (QED) is 0.877. The van der Waals surface area contributed by atoms with Gasteiger partial charge in [-0.05, 0) is 51.2 Å². The smallest absolute Gasteiger partial charge is 0.0629 e. The summed E-state index contributed by atoms with van der Waals surface area (Å²) in [7, 11) is 0. The van der Waals surface area contributed by atoms with Crippen LogP contribution in [-0.2, 0) is 19.4 Å². The van der Waals surface area contributed by atoms with Crippen molar-refractivity contribution in [3.63, 3.8) is 0 Å². The van der Waals surface area contributed by atoms with E-state index in [2.05, 4.69) is 54.0 Å². The second-order valence-corrected chi connectivity index (χ2v) is 5.64. The van der Waals surface area contributed by atoms with Crippen LogP contribution in [0.25, 0.3) is 0 Å². The van der Waals surface area contributed by atoms with E-state index in [1.807, 2.05) is 6.92 Å². The molecule has 108 valence electrons. The summed E-state index contributed by atoms with van der Waals surface area (Å²) in [6, 6.07) is 10.8. The molecule has 0 amide bonds. The molecule has 0 aliphatic carbocycles. The monoisotopic (exact) mass is 271 g/mol. The van der Waals surface area contributed by atoms with Crippen molar-refractivity contribution in [3.05, 3.63) is 52.8 Å². The molecule has 2 rings (SSSR count). The SMILES string of the molecule is Cc1nn(CCCc2ccccc2)c(C)c1CC(C)N. The molecule has 0 saturated carbocycles. The average molecular weight is 271 g/mol. The fraction of sp³-hybridized carbons (Fsp3) is 0.471. The van der Waals surface area contributed by atoms with Crippen LogP contribution in [-0.4, -0.2) is 15.8 Å². The summed E-state index contributed by atoms with van der Waals surface area (Å²) in [4.78, 5) is 0. The van der Waals surface area contributed by atoms with E-state index in [1.165, 1.54) is 16.8 Å². The van der Waals surface area contributed by atoms with Crippen LogP contribution >= 0.6 is 0 Å². The van der Waals surface area contributed by atoms with E-state index in [-0.39, 0.29) is 6.04 Å². The second-order valence-electron chi connectivity index (χ2n) is 5.64. The fourth-order valence-corrected chi connectivity index (χ4v) is 2.65. The number of hydrogen-bond donors (Lipinski definition) is 1. The molecular formula is C17H25N3. The highest BCUT2D eigenvalue weighted by Gasteiger charge is 2.12. The van der Waals surface area contributed by atoms with Crippen LogP contribution in [0.5, 0.6) is 0 Å². The van der Waals surface area contributed by atoms with Crippen molar-refractivity contribution in [2.75, 3.05) is 0 Å². The number of nitrogens with two attached hydrogens (primary N) is 1. The van der Waals surface area contributed by atoms with E-state index in [1.54, 1.807) is 0 Å². The number of rotatable bonds is 6. The molecule has 2 aromatic rings. The van der Waals surface area contributed by atoms with Crippen LogP contribution in [0.4, 0.5) is 0 Å². The van der Waals surface area contributed by atoms with Crippen molar-refractivity contribution in [1.82, 2.24) is 9.78 Å². The van der Waals surface area contributed by atoms with Crippen molar-refractivity contribution in [2.24, 2.45) is 5.73 Å². The van der Waals surface area contributed by atoms with E-state index in [0.717, 1.165) is 31.5 Å². The largest absolute Gasteiger partial charge is 0.328 e. The first-order valence-electron chi connectivity index (χ1n) is 7.40. The van der Waals surface area contributed by atoms with Crippen LogP contribution in [0.3, 0.4) is 0 Å². The van der Waals surface area contributed by atoms with Gasteiger partial charge in [0.25, 0.3) is 0 Å². The Kier molecular flexibility index (Phi) is 4.96. The summed E-state index contributed by atoms with van der Waals surface area (Å²) in [5.74, 6) is 0. The zero-order valence-corrected chi connectivity index (χ0v) is 12.8. The summed E-state index contributed by atoms with van der Waals surface area (Å²) < 4.78 is 2.13. The third-order valence-corrected chi connectivity index (χ3v) is 3.74. The summed E-state index contributed by atoms with van der Waals surface area (Å²) in [5.41, 5.74) is 11.0. The first kappa shape index (κ1) is 14.8. The number of hydrogen-bond acceptors (Lipinski definition) is 2. The Morgan fingerprint density at radius 1 is 1.20 bits per heavy atom. The molecule has 1 atom stereocenters. The van der Waals surface area contributed by atoms with Crippen LogP contribution in [0.2, 0.25) is 0 Å². The first-order chi connectivity index (χ1) is 9.58. The number of aromatic nitrogens is 2. The Labute approximate surface area is 121 Å². The van der Waals surface area contributed by atoms with Crippen LogP contribution < -0.4 is 5.73 Å². The Morgan fingerprint density at radius 3 is 2.55 bits per heavy atom. The lowest BCUT2D eigenvalue weighted by Crippen LogP contribution is -2.18. The van der Waals surface area contributed by atoms with Gasteiger partial charge in [0.05, 0.1) is 5.69 Å². The minimum atomic E-state index is 0.189. The Bertz CT molecular complexity index is 541. The lowest BCUT2D eigenvalue weighted by Gasteiger charge is -2.07. The molecular weight excluding hydrogens is 246 g/mol. The zero-order chi connectivity index (χ0) is 14.5. The zero-order valence-electron chi connectivity index (χ0n) is 12.8. The van der Waals surface area contributed by atoms with Gasteiger partial charge in [0.1, 0.15) is 0 Å². The molecule has 0 spiro atoms. The van der Waals surface area contributed by atoms with Gasteiger partial charge in [0, 0.05) is 18.3 Å². The Balaban J connectivity index is 1.96. The van der Waals surface area contributed by atoms with Gasteiger partial charge in [-0.2, -0.15) is 5.10 Å². The number of nitrogens with zero attached hydrogens (tertiary/aromatic N) is 2. The number of aryl methyl sites for hydroxylation is 3. The lowest BCUT2D eigenvalue weighted by molar-refractivity contribution is 0.561. The molecule has 1 aromatic heterocycles. The third kappa shape index (κ3) is 3.70. The molecule has 0 aliphatic rings. The van der Waals surface area contributed by atoms with Crippen molar-refractivity contribution in [2.45, 2.75) is 52.6 Å². The van der Waals surface area contributed by atoms with Crippen LogP contribution in [0, 0.1) is 13.8 Å². The van der Waals surface area contributed by atoms with E-state index in [4.69, 9.17) is 5.73 Å². The maximum Gasteiger partial charge on any atom is 0.0629 e. The van der Waals surface area contributed by atoms with Gasteiger partial charge in [0.15, 0.2) is 0 Å². The van der Waals surface area contributed by atoms with Crippen molar-refractivity contribution < 1.29 is 0 Å². The Morgan fingerprint density at radius 2 is 1.90 bits per heavy atom. The maximum absolute atomic E-state index is 5.91. The topological polar surface area (TPSA) is 43.8 Å². The first-order valence-corrected chi connectivity index (χ1v) is 7.40. The van der Waals surface area contributed by atoms with Gasteiger partial charge < -0.3 is 5.73 Å². The van der Waals surface area contributed by atoms with E-state index >= 15 is 0 Å². The maximum atomic E-state index is 5.91. The van der Waals surface area contributed by atoms with Gasteiger partial charge in [-0.3, -0.25) is 4.68 Å². The van der Waals surface area contributed by atoms with E-state index < -0.39 is 0 Å². The van der Waals surface area contributed by atoms with E-state index in [0.29, 0.717) is 0 Å².